The van der Waals surface area contributed by atoms with E-state index in [0.29, 0.717) is 24.5 Å². The molecule has 0 bridgehead atoms. The molecule has 3 N–H and O–H groups in total. The van der Waals surface area contributed by atoms with Gasteiger partial charge >= 0.3 is 0 Å². The highest BCUT2D eigenvalue weighted by Gasteiger charge is 2.26. The second-order valence-electron chi connectivity index (χ2n) is 6.12. The number of aliphatic hydroxyl groups is 1. The normalized spacial score (nSPS) is 29.1. The van der Waals surface area contributed by atoms with Gasteiger partial charge in [-0.15, -0.1) is 0 Å². The largest absolute Gasteiger partial charge is 0.396 e. The molecule has 2 unspecified atom stereocenters. The van der Waals surface area contributed by atoms with Crippen LogP contribution in [0.25, 0.3) is 0 Å². The van der Waals surface area contributed by atoms with Crippen LogP contribution >= 0.6 is 0 Å². The molecule has 0 spiro atoms. The van der Waals surface area contributed by atoms with Crippen LogP contribution in [0, 0.1) is 5.92 Å². The minimum atomic E-state index is 0.121. The van der Waals surface area contributed by atoms with E-state index in [-0.39, 0.29) is 12.5 Å². The van der Waals surface area contributed by atoms with Gasteiger partial charge in [-0.3, -0.25) is 4.79 Å². The van der Waals surface area contributed by atoms with Gasteiger partial charge in [0.15, 0.2) is 0 Å². The Bertz CT molecular complexity index is 275. The number of hydrogen-bond donors (Lipinski definition) is 3. The van der Waals surface area contributed by atoms with Gasteiger partial charge in [-0.25, -0.2) is 0 Å². The predicted octanol–water partition coefficient (Wildman–Crippen LogP) is 1.58. The van der Waals surface area contributed by atoms with Crippen molar-refractivity contribution in [3.05, 3.63) is 0 Å². The number of carbonyl (C=O) groups excluding carboxylic acids is 1. The van der Waals surface area contributed by atoms with Crippen molar-refractivity contribution < 1.29 is 9.90 Å². The molecule has 0 heterocycles. The second-order valence-corrected chi connectivity index (χ2v) is 6.12. The van der Waals surface area contributed by atoms with Gasteiger partial charge in [0.05, 0.1) is 6.54 Å². The maximum atomic E-state index is 11.9. The van der Waals surface area contributed by atoms with Crippen molar-refractivity contribution in [2.24, 2.45) is 5.92 Å². The Hall–Kier alpha value is -0.610. The molecule has 4 heteroatoms. The van der Waals surface area contributed by atoms with Crippen molar-refractivity contribution in [2.45, 2.75) is 69.9 Å². The molecule has 2 fully saturated rings. The minimum Gasteiger partial charge on any atom is -0.396 e. The van der Waals surface area contributed by atoms with Gasteiger partial charge in [-0.2, -0.15) is 0 Å². The molecule has 19 heavy (non-hydrogen) atoms. The third-order valence-electron chi connectivity index (χ3n) is 4.64. The zero-order chi connectivity index (χ0) is 13.5. The van der Waals surface area contributed by atoms with Gasteiger partial charge in [0.2, 0.25) is 5.91 Å². The fourth-order valence-corrected chi connectivity index (χ4v) is 3.45. The molecule has 0 aromatic rings. The van der Waals surface area contributed by atoms with E-state index in [9.17, 15) is 9.90 Å². The Morgan fingerprint density at radius 3 is 2.42 bits per heavy atom. The van der Waals surface area contributed by atoms with Crippen LogP contribution in [0.2, 0.25) is 0 Å². The molecule has 0 saturated heterocycles. The van der Waals surface area contributed by atoms with Crippen molar-refractivity contribution in [3.63, 3.8) is 0 Å². The van der Waals surface area contributed by atoms with Crippen molar-refractivity contribution >= 4 is 5.91 Å². The Labute approximate surface area is 116 Å². The zero-order valence-corrected chi connectivity index (χ0v) is 11.9. The van der Waals surface area contributed by atoms with Crippen LogP contribution in [0.4, 0.5) is 0 Å². The van der Waals surface area contributed by atoms with Gasteiger partial charge in [-0.1, -0.05) is 32.1 Å². The van der Waals surface area contributed by atoms with E-state index in [4.69, 9.17) is 0 Å². The van der Waals surface area contributed by atoms with Gasteiger partial charge < -0.3 is 15.7 Å². The maximum Gasteiger partial charge on any atom is 0.234 e. The lowest BCUT2D eigenvalue weighted by atomic mass is 10.1. The minimum absolute atomic E-state index is 0.121. The van der Waals surface area contributed by atoms with Crippen molar-refractivity contribution in [1.29, 1.82) is 0 Å². The number of carbonyl (C=O) groups is 1. The number of rotatable bonds is 5. The van der Waals surface area contributed by atoms with Crippen LogP contribution in [-0.2, 0) is 4.79 Å². The summed E-state index contributed by atoms with van der Waals surface area (Å²) in [6, 6.07) is 0.707. The Morgan fingerprint density at radius 1 is 1.00 bits per heavy atom. The fraction of sp³-hybridized carbons (Fsp3) is 0.933. The highest BCUT2D eigenvalue weighted by atomic mass is 16.3. The lowest BCUT2D eigenvalue weighted by Gasteiger charge is -2.20. The average Bonchev–Trinajstić information content (AvgIpc) is 2.72. The first kappa shape index (κ1) is 14.8. The molecule has 1 amide bonds. The third kappa shape index (κ3) is 4.77. The lowest BCUT2D eigenvalue weighted by molar-refractivity contribution is -0.121. The summed E-state index contributed by atoms with van der Waals surface area (Å²) in [6.07, 6.45) is 10.7. The molecule has 2 saturated carbocycles. The molecule has 0 radical (unpaired) electrons. The summed E-state index contributed by atoms with van der Waals surface area (Å²) in [7, 11) is 0. The van der Waals surface area contributed by atoms with E-state index in [1.807, 2.05) is 0 Å². The number of hydrogen-bond acceptors (Lipinski definition) is 3. The molecule has 0 aliphatic heterocycles. The summed E-state index contributed by atoms with van der Waals surface area (Å²) in [5.74, 6) is 0.459. The van der Waals surface area contributed by atoms with Crippen LogP contribution < -0.4 is 10.6 Å². The van der Waals surface area contributed by atoms with E-state index in [1.54, 1.807) is 0 Å². The fourth-order valence-electron chi connectivity index (χ4n) is 3.45. The Morgan fingerprint density at radius 2 is 1.74 bits per heavy atom. The van der Waals surface area contributed by atoms with Crippen molar-refractivity contribution in [1.82, 2.24) is 10.6 Å². The van der Waals surface area contributed by atoms with Crippen molar-refractivity contribution in [2.75, 3.05) is 13.2 Å². The highest BCUT2D eigenvalue weighted by molar-refractivity contribution is 5.78. The summed E-state index contributed by atoms with van der Waals surface area (Å²) < 4.78 is 0. The number of aliphatic hydroxyl groups excluding tert-OH is 1. The van der Waals surface area contributed by atoms with Gasteiger partial charge in [-0.05, 0) is 31.6 Å². The lowest BCUT2D eigenvalue weighted by Crippen LogP contribution is -2.44. The first-order chi connectivity index (χ1) is 9.29. The first-order valence-corrected chi connectivity index (χ1v) is 7.93. The van der Waals surface area contributed by atoms with Crippen LogP contribution in [0.3, 0.4) is 0 Å². The predicted molar refractivity (Wildman–Crippen MR) is 75.9 cm³/mol. The summed E-state index contributed by atoms with van der Waals surface area (Å²) in [5, 5.41) is 15.7. The number of amides is 1. The van der Waals surface area contributed by atoms with Gasteiger partial charge in [0.1, 0.15) is 0 Å². The van der Waals surface area contributed by atoms with Crippen LogP contribution in [0.15, 0.2) is 0 Å². The van der Waals surface area contributed by atoms with E-state index in [2.05, 4.69) is 10.6 Å². The smallest absolute Gasteiger partial charge is 0.234 e. The van der Waals surface area contributed by atoms with Gasteiger partial charge in [0.25, 0.3) is 0 Å². The molecular formula is C15H28N2O2. The Kier molecular flexibility index (Phi) is 6.11. The van der Waals surface area contributed by atoms with Gasteiger partial charge in [0, 0.05) is 18.7 Å². The molecule has 2 rings (SSSR count). The van der Waals surface area contributed by atoms with E-state index < -0.39 is 0 Å². The molecular weight excluding hydrogens is 240 g/mol. The SMILES string of the molecule is O=C(CNC1CCCC1CO)NC1CCCCCC1. The molecule has 2 atom stereocenters. The van der Waals surface area contributed by atoms with E-state index >= 15 is 0 Å². The van der Waals surface area contributed by atoms with E-state index in [1.165, 1.54) is 25.7 Å². The Balaban J connectivity index is 1.66. The van der Waals surface area contributed by atoms with Crippen LogP contribution in [-0.4, -0.2) is 36.2 Å². The van der Waals surface area contributed by atoms with Crippen molar-refractivity contribution in [3.8, 4) is 0 Å². The monoisotopic (exact) mass is 268 g/mol. The first-order valence-electron chi connectivity index (χ1n) is 7.93. The quantitative estimate of drug-likeness (QED) is 0.663. The molecule has 0 aromatic carbocycles. The molecule has 2 aliphatic carbocycles. The van der Waals surface area contributed by atoms with E-state index in [0.717, 1.165) is 32.1 Å². The number of nitrogens with one attached hydrogen (secondary N) is 2. The molecule has 2 aliphatic rings. The molecule has 4 nitrogen and oxygen atoms in total. The zero-order valence-electron chi connectivity index (χ0n) is 11.9. The topological polar surface area (TPSA) is 61.4 Å². The van der Waals surface area contributed by atoms with Crippen LogP contribution in [0.1, 0.15) is 57.8 Å². The molecule has 0 aromatic heterocycles. The standard InChI is InChI=1S/C15H28N2O2/c18-11-12-6-5-9-14(12)16-10-15(19)17-13-7-3-1-2-4-8-13/h12-14,16,18H,1-11H2,(H,17,19). The van der Waals surface area contributed by atoms with Crippen LogP contribution in [0.5, 0.6) is 0 Å². The maximum absolute atomic E-state index is 11.9. The average molecular weight is 268 g/mol. The summed E-state index contributed by atoms with van der Waals surface area (Å²) in [4.78, 5) is 11.9. The molecule has 110 valence electrons. The summed E-state index contributed by atoms with van der Waals surface area (Å²) in [5.41, 5.74) is 0. The summed E-state index contributed by atoms with van der Waals surface area (Å²) in [6.45, 7) is 0.638. The second kappa shape index (κ2) is 7.85. The third-order valence-corrected chi connectivity index (χ3v) is 4.64. The summed E-state index contributed by atoms with van der Waals surface area (Å²) >= 11 is 0. The highest BCUT2D eigenvalue weighted by Crippen LogP contribution is 2.24.